The lowest BCUT2D eigenvalue weighted by Gasteiger charge is -2.25. The first-order valence-corrected chi connectivity index (χ1v) is 6.90. The lowest BCUT2D eigenvalue weighted by molar-refractivity contribution is -0.131. The van der Waals surface area contributed by atoms with E-state index in [2.05, 4.69) is 6.92 Å². The SMILES string of the molecule is CCCN(CC(=O)N(C)C)c1ccc(C=CC(=O)O)cc1. The molecular formula is C16H22N2O3. The average molecular weight is 290 g/mol. The molecule has 0 bridgehead atoms. The van der Waals surface area contributed by atoms with Gasteiger partial charge >= 0.3 is 5.97 Å². The third-order valence-electron chi connectivity index (χ3n) is 3.00. The molecule has 5 heteroatoms. The molecule has 1 aromatic rings. The van der Waals surface area contributed by atoms with Gasteiger partial charge in [0.1, 0.15) is 0 Å². The van der Waals surface area contributed by atoms with Crippen LogP contribution in [0.1, 0.15) is 18.9 Å². The number of amides is 1. The molecule has 21 heavy (non-hydrogen) atoms. The van der Waals surface area contributed by atoms with Crippen LogP contribution in [0.2, 0.25) is 0 Å². The van der Waals surface area contributed by atoms with Gasteiger partial charge in [-0.15, -0.1) is 0 Å². The van der Waals surface area contributed by atoms with E-state index in [4.69, 9.17) is 5.11 Å². The van der Waals surface area contributed by atoms with E-state index in [1.165, 1.54) is 0 Å². The molecular weight excluding hydrogens is 268 g/mol. The average Bonchev–Trinajstić information content (AvgIpc) is 2.45. The Balaban J connectivity index is 2.84. The molecule has 5 nitrogen and oxygen atoms in total. The number of hydrogen-bond acceptors (Lipinski definition) is 3. The molecule has 1 N–H and O–H groups in total. The lowest BCUT2D eigenvalue weighted by atomic mass is 10.1. The molecule has 1 aromatic carbocycles. The quantitative estimate of drug-likeness (QED) is 0.781. The Morgan fingerprint density at radius 2 is 1.81 bits per heavy atom. The van der Waals surface area contributed by atoms with Crippen molar-refractivity contribution in [2.75, 3.05) is 32.1 Å². The zero-order chi connectivity index (χ0) is 15.8. The topological polar surface area (TPSA) is 60.9 Å². The van der Waals surface area contributed by atoms with Crippen molar-refractivity contribution in [3.05, 3.63) is 35.9 Å². The summed E-state index contributed by atoms with van der Waals surface area (Å²) in [5, 5.41) is 8.60. The summed E-state index contributed by atoms with van der Waals surface area (Å²) in [4.78, 5) is 25.9. The highest BCUT2D eigenvalue weighted by molar-refractivity contribution is 5.85. The van der Waals surface area contributed by atoms with Gasteiger partial charge in [-0.05, 0) is 30.2 Å². The predicted octanol–water partition coefficient (Wildman–Crippen LogP) is 2.09. The van der Waals surface area contributed by atoms with Crippen molar-refractivity contribution in [2.45, 2.75) is 13.3 Å². The minimum Gasteiger partial charge on any atom is -0.478 e. The van der Waals surface area contributed by atoms with Crippen molar-refractivity contribution >= 4 is 23.6 Å². The van der Waals surface area contributed by atoms with E-state index in [1.807, 2.05) is 29.2 Å². The fraction of sp³-hybridized carbons (Fsp3) is 0.375. The highest BCUT2D eigenvalue weighted by Gasteiger charge is 2.12. The van der Waals surface area contributed by atoms with Gasteiger partial charge in [0.2, 0.25) is 5.91 Å². The van der Waals surface area contributed by atoms with E-state index in [-0.39, 0.29) is 5.91 Å². The van der Waals surface area contributed by atoms with Crippen LogP contribution in [-0.2, 0) is 9.59 Å². The summed E-state index contributed by atoms with van der Waals surface area (Å²) < 4.78 is 0. The molecule has 0 aromatic heterocycles. The first-order chi connectivity index (χ1) is 9.93. The molecule has 0 unspecified atom stereocenters. The normalized spacial score (nSPS) is 10.6. The van der Waals surface area contributed by atoms with Gasteiger partial charge in [-0.3, -0.25) is 4.79 Å². The number of aliphatic carboxylic acids is 1. The Morgan fingerprint density at radius 1 is 1.19 bits per heavy atom. The Bertz CT molecular complexity index is 507. The standard InChI is InChI=1S/C16H22N2O3/c1-4-11-18(12-15(19)17(2)3)14-8-5-13(6-9-14)7-10-16(20)21/h5-10H,4,11-12H2,1-3H3,(H,20,21). The van der Waals surface area contributed by atoms with Gasteiger partial charge in [-0.25, -0.2) is 4.79 Å². The van der Waals surface area contributed by atoms with Gasteiger partial charge in [0.25, 0.3) is 0 Å². The lowest BCUT2D eigenvalue weighted by Crippen LogP contribution is -2.37. The molecule has 0 saturated heterocycles. The maximum Gasteiger partial charge on any atom is 0.328 e. The second-order valence-corrected chi connectivity index (χ2v) is 4.97. The Morgan fingerprint density at radius 3 is 2.29 bits per heavy atom. The number of carbonyl (C=O) groups is 2. The Hall–Kier alpha value is -2.30. The fourth-order valence-electron chi connectivity index (χ4n) is 1.84. The number of carboxylic acid groups (broad SMARTS) is 1. The number of nitrogens with zero attached hydrogens (tertiary/aromatic N) is 2. The van der Waals surface area contributed by atoms with Crippen LogP contribution in [0.4, 0.5) is 5.69 Å². The van der Waals surface area contributed by atoms with Crippen LogP contribution in [0.15, 0.2) is 30.3 Å². The van der Waals surface area contributed by atoms with Crippen LogP contribution in [0.3, 0.4) is 0 Å². The number of anilines is 1. The summed E-state index contributed by atoms with van der Waals surface area (Å²) >= 11 is 0. The highest BCUT2D eigenvalue weighted by Crippen LogP contribution is 2.16. The summed E-state index contributed by atoms with van der Waals surface area (Å²) in [5.74, 6) is -0.915. The number of carbonyl (C=O) groups excluding carboxylic acids is 1. The molecule has 0 aliphatic carbocycles. The van der Waals surface area contributed by atoms with Crippen molar-refractivity contribution in [3.8, 4) is 0 Å². The molecule has 0 saturated carbocycles. The van der Waals surface area contributed by atoms with Crippen molar-refractivity contribution in [1.29, 1.82) is 0 Å². The van der Waals surface area contributed by atoms with Gasteiger partial charge in [0.15, 0.2) is 0 Å². The van der Waals surface area contributed by atoms with Crippen LogP contribution in [0, 0.1) is 0 Å². The van der Waals surface area contributed by atoms with Gasteiger partial charge in [0, 0.05) is 32.4 Å². The summed E-state index contributed by atoms with van der Waals surface area (Å²) in [6.07, 6.45) is 3.59. The number of rotatable bonds is 7. The maximum absolute atomic E-state index is 11.9. The molecule has 0 atom stereocenters. The van der Waals surface area contributed by atoms with Gasteiger partial charge in [0.05, 0.1) is 6.54 Å². The molecule has 0 heterocycles. The minimum absolute atomic E-state index is 0.0540. The van der Waals surface area contributed by atoms with Crippen molar-refractivity contribution in [1.82, 2.24) is 4.90 Å². The molecule has 1 rings (SSSR count). The van der Waals surface area contributed by atoms with Gasteiger partial charge < -0.3 is 14.9 Å². The van der Waals surface area contributed by atoms with Crippen LogP contribution >= 0.6 is 0 Å². The smallest absolute Gasteiger partial charge is 0.328 e. The summed E-state index contributed by atoms with van der Waals surface area (Å²) in [7, 11) is 3.48. The van der Waals surface area contributed by atoms with E-state index < -0.39 is 5.97 Å². The number of benzene rings is 1. The number of carboxylic acids is 1. The fourth-order valence-corrected chi connectivity index (χ4v) is 1.84. The van der Waals surface area contributed by atoms with Crippen LogP contribution in [0.5, 0.6) is 0 Å². The minimum atomic E-state index is -0.969. The van der Waals surface area contributed by atoms with Crippen LogP contribution < -0.4 is 4.90 Å². The van der Waals surface area contributed by atoms with Crippen LogP contribution in [0.25, 0.3) is 6.08 Å². The third kappa shape index (κ3) is 5.69. The van der Waals surface area contributed by atoms with E-state index in [9.17, 15) is 9.59 Å². The van der Waals surface area contributed by atoms with E-state index in [0.29, 0.717) is 6.54 Å². The third-order valence-corrected chi connectivity index (χ3v) is 3.00. The molecule has 0 radical (unpaired) electrons. The second-order valence-electron chi connectivity index (χ2n) is 4.97. The largest absolute Gasteiger partial charge is 0.478 e. The zero-order valence-electron chi connectivity index (χ0n) is 12.7. The predicted molar refractivity (Wildman–Crippen MR) is 84.3 cm³/mol. The Labute approximate surface area is 125 Å². The van der Waals surface area contributed by atoms with E-state index in [1.54, 1.807) is 25.1 Å². The second kappa shape index (κ2) is 8.09. The molecule has 0 fully saturated rings. The number of likely N-dealkylation sites (N-methyl/N-ethyl adjacent to an activating group) is 1. The molecule has 0 aliphatic rings. The van der Waals surface area contributed by atoms with Gasteiger partial charge in [-0.2, -0.15) is 0 Å². The van der Waals surface area contributed by atoms with Crippen molar-refractivity contribution < 1.29 is 14.7 Å². The zero-order valence-corrected chi connectivity index (χ0v) is 12.7. The maximum atomic E-state index is 11.9. The molecule has 1 amide bonds. The monoisotopic (exact) mass is 290 g/mol. The van der Waals surface area contributed by atoms with Gasteiger partial charge in [-0.1, -0.05) is 19.1 Å². The molecule has 0 aliphatic heterocycles. The van der Waals surface area contributed by atoms with Crippen molar-refractivity contribution in [3.63, 3.8) is 0 Å². The van der Waals surface area contributed by atoms with Crippen LogP contribution in [-0.4, -0.2) is 49.1 Å². The summed E-state index contributed by atoms with van der Waals surface area (Å²) in [6, 6.07) is 7.50. The summed E-state index contributed by atoms with van der Waals surface area (Å²) in [6.45, 7) is 3.20. The summed E-state index contributed by atoms with van der Waals surface area (Å²) in [5.41, 5.74) is 1.77. The number of hydrogen-bond donors (Lipinski definition) is 1. The van der Waals surface area contributed by atoms with E-state index >= 15 is 0 Å². The van der Waals surface area contributed by atoms with E-state index in [0.717, 1.165) is 30.3 Å². The Kier molecular flexibility index (Phi) is 6.46. The molecule has 114 valence electrons. The first kappa shape index (κ1) is 16.8. The highest BCUT2D eigenvalue weighted by atomic mass is 16.4. The molecule has 0 spiro atoms. The first-order valence-electron chi connectivity index (χ1n) is 6.90. The van der Waals surface area contributed by atoms with Crippen molar-refractivity contribution in [2.24, 2.45) is 0 Å².